The zero-order valence-electron chi connectivity index (χ0n) is 8.64. The van der Waals surface area contributed by atoms with Crippen LogP contribution in [0, 0.1) is 9.49 Å². The molecule has 0 aliphatic rings. The third kappa shape index (κ3) is 2.84. The molecule has 0 spiro atoms. The van der Waals surface area contributed by atoms with Crippen molar-refractivity contribution in [3.8, 4) is 0 Å². The van der Waals surface area contributed by atoms with Crippen LogP contribution < -0.4 is 5.32 Å². The second-order valence-electron chi connectivity index (χ2n) is 3.68. The minimum Gasteiger partial charge on any atom is -0.313 e. The van der Waals surface area contributed by atoms with Crippen molar-refractivity contribution < 1.29 is 0 Å². The van der Waals surface area contributed by atoms with E-state index in [9.17, 15) is 0 Å². The van der Waals surface area contributed by atoms with Crippen molar-refractivity contribution in [2.24, 2.45) is 5.92 Å². The lowest BCUT2D eigenvalue weighted by molar-refractivity contribution is 0.443. The predicted octanol–water partition coefficient (Wildman–Crippen LogP) is 3.86. The molecule has 1 rings (SSSR count). The molecule has 0 bridgehead atoms. The van der Waals surface area contributed by atoms with Crippen molar-refractivity contribution in [1.82, 2.24) is 5.32 Å². The molecule has 0 aromatic heterocycles. The van der Waals surface area contributed by atoms with Gasteiger partial charge in [0.2, 0.25) is 0 Å². The van der Waals surface area contributed by atoms with Crippen LogP contribution in [-0.2, 0) is 0 Å². The van der Waals surface area contributed by atoms with E-state index in [1.165, 1.54) is 5.56 Å². The molecule has 3 heteroatoms. The first-order chi connectivity index (χ1) is 6.56. The van der Waals surface area contributed by atoms with Crippen molar-refractivity contribution in [3.63, 3.8) is 0 Å². The maximum Gasteiger partial charge on any atom is 0.0542 e. The van der Waals surface area contributed by atoms with Gasteiger partial charge in [0.1, 0.15) is 0 Å². The monoisotopic (exact) mass is 323 g/mol. The second-order valence-corrected chi connectivity index (χ2v) is 5.25. The summed E-state index contributed by atoms with van der Waals surface area (Å²) in [5, 5.41) is 4.14. The van der Waals surface area contributed by atoms with Crippen molar-refractivity contribution in [2.45, 2.75) is 19.9 Å². The maximum atomic E-state index is 6.08. The van der Waals surface area contributed by atoms with Gasteiger partial charge in [-0.25, -0.2) is 0 Å². The fraction of sp³-hybridized carbons (Fsp3) is 0.455. The van der Waals surface area contributed by atoms with Crippen LogP contribution in [0.15, 0.2) is 18.2 Å². The first-order valence-electron chi connectivity index (χ1n) is 4.68. The van der Waals surface area contributed by atoms with E-state index in [4.69, 9.17) is 11.6 Å². The van der Waals surface area contributed by atoms with E-state index in [1.807, 2.05) is 13.1 Å². The van der Waals surface area contributed by atoms with Crippen LogP contribution in [0.25, 0.3) is 0 Å². The molecule has 1 nitrogen and oxygen atoms in total. The SMILES string of the molecule is CNC(c1ccc(I)c(Cl)c1)C(C)C. The summed E-state index contributed by atoms with van der Waals surface area (Å²) in [6.45, 7) is 4.40. The summed E-state index contributed by atoms with van der Waals surface area (Å²) in [7, 11) is 1.98. The molecule has 1 unspecified atom stereocenters. The van der Waals surface area contributed by atoms with Crippen LogP contribution in [0.1, 0.15) is 25.5 Å². The van der Waals surface area contributed by atoms with E-state index in [1.54, 1.807) is 0 Å². The van der Waals surface area contributed by atoms with Crippen molar-refractivity contribution in [1.29, 1.82) is 0 Å². The Morgan fingerprint density at radius 2 is 2.00 bits per heavy atom. The molecule has 1 aromatic rings. The molecular formula is C11H15ClIN. The van der Waals surface area contributed by atoms with E-state index < -0.39 is 0 Å². The predicted molar refractivity (Wildman–Crippen MR) is 70.8 cm³/mol. The molecule has 0 saturated carbocycles. The Kier molecular flexibility index (Phi) is 4.67. The first-order valence-corrected chi connectivity index (χ1v) is 6.14. The summed E-state index contributed by atoms with van der Waals surface area (Å²) >= 11 is 8.33. The highest BCUT2D eigenvalue weighted by Crippen LogP contribution is 2.26. The van der Waals surface area contributed by atoms with Crippen molar-refractivity contribution >= 4 is 34.2 Å². The van der Waals surface area contributed by atoms with Gasteiger partial charge in [0, 0.05) is 9.61 Å². The average Bonchev–Trinajstić information content (AvgIpc) is 2.11. The normalized spacial score (nSPS) is 13.3. The third-order valence-electron chi connectivity index (χ3n) is 2.28. The zero-order chi connectivity index (χ0) is 10.7. The van der Waals surface area contributed by atoms with Gasteiger partial charge < -0.3 is 5.32 Å². The largest absolute Gasteiger partial charge is 0.313 e. The highest BCUT2D eigenvalue weighted by molar-refractivity contribution is 14.1. The van der Waals surface area contributed by atoms with E-state index in [0.717, 1.165) is 8.59 Å². The van der Waals surface area contributed by atoms with Crippen molar-refractivity contribution in [3.05, 3.63) is 32.4 Å². The number of nitrogens with one attached hydrogen (secondary N) is 1. The molecule has 0 heterocycles. The molecule has 1 atom stereocenters. The number of hydrogen-bond acceptors (Lipinski definition) is 1. The van der Waals surface area contributed by atoms with E-state index in [2.05, 4.69) is 53.9 Å². The van der Waals surface area contributed by atoms with Gasteiger partial charge in [0.25, 0.3) is 0 Å². The lowest BCUT2D eigenvalue weighted by Crippen LogP contribution is -2.21. The lowest BCUT2D eigenvalue weighted by atomic mass is 9.96. The fourth-order valence-corrected chi connectivity index (χ4v) is 2.12. The molecule has 78 valence electrons. The van der Waals surface area contributed by atoms with Gasteiger partial charge in [-0.05, 0) is 53.3 Å². The van der Waals surface area contributed by atoms with Gasteiger partial charge in [-0.2, -0.15) is 0 Å². The smallest absolute Gasteiger partial charge is 0.0542 e. The molecule has 0 aliphatic heterocycles. The van der Waals surface area contributed by atoms with Gasteiger partial charge in [0.05, 0.1) is 5.02 Å². The summed E-state index contributed by atoms with van der Waals surface area (Å²) in [6.07, 6.45) is 0. The summed E-state index contributed by atoms with van der Waals surface area (Å²) in [5.41, 5.74) is 1.26. The molecule has 0 saturated heterocycles. The minimum absolute atomic E-state index is 0.379. The fourth-order valence-electron chi connectivity index (χ4n) is 1.59. The Morgan fingerprint density at radius 1 is 1.36 bits per heavy atom. The Balaban J connectivity index is 3.00. The molecule has 0 amide bonds. The number of rotatable bonds is 3. The molecule has 0 aliphatic carbocycles. The van der Waals surface area contributed by atoms with Crippen molar-refractivity contribution in [2.75, 3.05) is 7.05 Å². The first kappa shape index (κ1) is 12.3. The second kappa shape index (κ2) is 5.33. The Hall–Kier alpha value is 0.200. The van der Waals surface area contributed by atoms with Crippen LogP contribution in [0.5, 0.6) is 0 Å². The van der Waals surface area contributed by atoms with Gasteiger partial charge in [-0.3, -0.25) is 0 Å². The average molecular weight is 324 g/mol. The van der Waals surface area contributed by atoms with E-state index in [0.29, 0.717) is 12.0 Å². The number of hydrogen-bond donors (Lipinski definition) is 1. The Morgan fingerprint density at radius 3 is 2.43 bits per heavy atom. The summed E-state index contributed by atoms with van der Waals surface area (Å²) in [6, 6.07) is 6.62. The van der Waals surface area contributed by atoms with Crippen LogP contribution in [0.2, 0.25) is 5.02 Å². The number of benzene rings is 1. The maximum absolute atomic E-state index is 6.08. The van der Waals surface area contributed by atoms with Crippen LogP contribution in [0.4, 0.5) is 0 Å². The molecule has 14 heavy (non-hydrogen) atoms. The lowest BCUT2D eigenvalue weighted by Gasteiger charge is -2.21. The number of halogens is 2. The van der Waals surface area contributed by atoms with E-state index in [-0.39, 0.29) is 0 Å². The van der Waals surface area contributed by atoms with Crippen LogP contribution in [-0.4, -0.2) is 7.05 Å². The Labute approximate surface area is 104 Å². The molecule has 1 aromatic carbocycles. The van der Waals surface area contributed by atoms with Gasteiger partial charge in [-0.15, -0.1) is 0 Å². The summed E-state index contributed by atoms with van der Waals surface area (Å²) in [4.78, 5) is 0. The molecule has 1 N–H and O–H groups in total. The third-order valence-corrected chi connectivity index (χ3v) is 3.85. The quantitative estimate of drug-likeness (QED) is 0.833. The highest BCUT2D eigenvalue weighted by atomic mass is 127. The van der Waals surface area contributed by atoms with Gasteiger partial charge in [0.15, 0.2) is 0 Å². The van der Waals surface area contributed by atoms with Crippen LogP contribution in [0.3, 0.4) is 0 Å². The summed E-state index contributed by atoms with van der Waals surface area (Å²) < 4.78 is 1.10. The van der Waals surface area contributed by atoms with Gasteiger partial charge >= 0.3 is 0 Å². The standard InChI is InChI=1S/C11H15ClIN/c1-7(2)11(14-3)8-4-5-10(13)9(12)6-8/h4-7,11,14H,1-3H3. The molecular weight excluding hydrogens is 308 g/mol. The Bertz CT molecular complexity index is 312. The minimum atomic E-state index is 0.379. The zero-order valence-corrected chi connectivity index (χ0v) is 11.6. The molecule has 0 radical (unpaired) electrons. The highest BCUT2D eigenvalue weighted by Gasteiger charge is 2.13. The topological polar surface area (TPSA) is 12.0 Å². The van der Waals surface area contributed by atoms with Gasteiger partial charge in [-0.1, -0.05) is 31.5 Å². The van der Waals surface area contributed by atoms with Crippen LogP contribution >= 0.6 is 34.2 Å². The molecule has 0 fully saturated rings. The van der Waals surface area contributed by atoms with E-state index >= 15 is 0 Å². The summed E-state index contributed by atoms with van der Waals surface area (Å²) in [5.74, 6) is 0.566.